The molecule has 4 nitrogen and oxygen atoms in total. The summed E-state index contributed by atoms with van der Waals surface area (Å²) in [6.45, 7) is 1.92. The quantitative estimate of drug-likeness (QED) is 0.469. The van der Waals surface area contributed by atoms with Gasteiger partial charge in [0, 0.05) is 12.6 Å². The summed E-state index contributed by atoms with van der Waals surface area (Å²) in [6, 6.07) is 5.66. The van der Waals surface area contributed by atoms with Crippen molar-refractivity contribution >= 4 is 22.4 Å². The average Bonchev–Trinajstić information content (AvgIpc) is 2.14. The maximum atomic E-state index is 5.81. The molecule has 2 aromatic rings. The van der Waals surface area contributed by atoms with Crippen LogP contribution in [0.1, 0.15) is 5.82 Å². The van der Waals surface area contributed by atoms with Crippen LogP contribution >= 0.6 is 0 Å². The first kappa shape index (κ1) is 8.74. The third-order valence-electron chi connectivity index (χ3n) is 2.43. The SMILES string of the molecule is Cc1nc(N)c2cc(N)ccc2[n+]1C. The third kappa shape index (κ3) is 1.16. The fourth-order valence-corrected chi connectivity index (χ4v) is 1.54. The van der Waals surface area contributed by atoms with E-state index in [1.165, 1.54) is 0 Å². The van der Waals surface area contributed by atoms with Crippen LogP contribution in [-0.2, 0) is 7.05 Å². The van der Waals surface area contributed by atoms with Crippen LogP contribution in [-0.4, -0.2) is 4.98 Å². The lowest BCUT2D eigenvalue weighted by Gasteiger charge is -2.02. The van der Waals surface area contributed by atoms with Gasteiger partial charge in [0.05, 0.1) is 12.4 Å². The zero-order valence-electron chi connectivity index (χ0n) is 8.28. The Labute approximate surface area is 82.2 Å². The number of rotatable bonds is 0. The van der Waals surface area contributed by atoms with Gasteiger partial charge in [-0.15, -0.1) is 0 Å². The third-order valence-corrected chi connectivity index (χ3v) is 2.43. The number of nitrogens with two attached hydrogens (primary N) is 2. The molecule has 1 aromatic carbocycles. The Morgan fingerprint density at radius 1 is 1.29 bits per heavy atom. The van der Waals surface area contributed by atoms with Crippen LogP contribution < -0.4 is 16.0 Å². The molecule has 0 bridgehead atoms. The number of nitrogen functional groups attached to an aromatic ring is 2. The minimum atomic E-state index is 0.530. The monoisotopic (exact) mass is 189 g/mol. The molecular weight excluding hydrogens is 176 g/mol. The lowest BCUT2D eigenvalue weighted by molar-refractivity contribution is -0.654. The minimum Gasteiger partial charge on any atom is -0.399 e. The fraction of sp³-hybridized carbons (Fsp3) is 0.200. The molecule has 0 unspecified atom stereocenters. The molecule has 0 aliphatic rings. The molecule has 4 heteroatoms. The van der Waals surface area contributed by atoms with Crippen LogP contribution in [0.4, 0.5) is 11.5 Å². The van der Waals surface area contributed by atoms with E-state index in [-0.39, 0.29) is 0 Å². The molecule has 0 spiro atoms. The van der Waals surface area contributed by atoms with E-state index >= 15 is 0 Å². The van der Waals surface area contributed by atoms with E-state index in [0.717, 1.165) is 16.7 Å². The zero-order valence-corrected chi connectivity index (χ0v) is 8.28. The van der Waals surface area contributed by atoms with Gasteiger partial charge in [-0.2, -0.15) is 0 Å². The topological polar surface area (TPSA) is 68.8 Å². The van der Waals surface area contributed by atoms with Crippen molar-refractivity contribution in [1.82, 2.24) is 4.98 Å². The van der Waals surface area contributed by atoms with E-state index in [1.54, 1.807) is 0 Å². The summed E-state index contributed by atoms with van der Waals surface area (Å²) in [4.78, 5) is 4.23. The van der Waals surface area contributed by atoms with E-state index in [0.29, 0.717) is 11.5 Å². The first-order chi connectivity index (χ1) is 6.59. The number of hydrogen-bond acceptors (Lipinski definition) is 3. The molecule has 14 heavy (non-hydrogen) atoms. The van der Waals surface area contributed by atoms with Crippen molar-refractivity contribution in [3.05, 3.63) is 24.0 Å². The Hall–Kier alpha value is -1.84. The van der Waals surface area contributed by atoms with Crippen LogP contribution in [0, 0.1) is 6.92 Å². The Morgan fingerprint density at radius 2 is 2.00 bits per heavy atom. The summed E-state index contributed by atoms with van der Waals surface area (Å²) in [6.07, 6.45) is 0. The van der Waals surface area contributed by atoms with Crippen molar-refractivity contribution in [3.63, 3.8) is 0 Å². The first-order valence-electron chi connectivity index (χ1n) is 4.41. The van der Waals surface area contributed by atoms with Gasteiger partial charge in [0.1, 0.15) is 5.52 Å². The second kappa shape index (κ2) is 2.83. The summed E-state index contributed by atoms with van der Waals surface area (Å²) in [7, 11) is 1.96. The van der Waals surface area contributed by atoms with Gasteiger partial charge in [0.15, 0.2) is 0 Å². The van der Waals surface area contributed by atoms with Gasteiger partial charge in [-0.1, -0.05) is 0 Å². The molecule has 2 rings (SSSR count). The van der Waals surface area contributed by atoms with Crippen LogP contribution in [0.2, 0.25) is 0 Å². The number of nitrogens with zero attached hydrogens (tertiary/aromatic N) is 2. The van der Waals surface area contributed by atoms with Gasteiger partial charge in [-0.05, 0) is 23.2 Å². The van der Waals surface area contributed by atoms with Crippen molar-refractivity contribution in [1.29, 1.82) is 0 Å². The number of aromatic nitrogens is 2. The highest BCUT2D eigenvalue weighted by Crippen LogP contribution is 2.18. The van der Waals surface area contributed by atoms with Gasteiger partial charge < -0.3 is 11.5 Å². The van der Waals surface area contributed by atoms with Crippen LogP contribution in [0.15, 0.2) is 18.2 Å². The molecule has 0 amide bonds. The molecule has 0 aliphatic heterocycles. The number of aryl methyl sites for hydroxylation is 2. The number of hydrogen-bond donors (Lipinski definition) is 2. The Balaban J connectivity index is 2.94. The number of fused-ring (bicyclic) bond motifs is 1. The van der Waals surface area contributed by atoms with Crippen LogP contribution in [0.3, 0.4) is 0 Å². The van der Waals surface area contributed by atoms with E-state index in [9.17, 15) is 0 Å². The first-order valence-corrected chi connectivity index (χ1v) is 4.41. The van der Waals surface area contributed by atoms with Crippen molar-refractivity contribution in [2.45, 2.75) is 6.92 Å². The summed E-state index contributed by atoms with van der Waals surface area (Å²) >= 11 is 0. The molecule has 72 valence electrons. The predicted molar refractivity (Wildman–Crippen MR) is 56.5 cm³/mol. The average molecular weight is 189 g/mol. The molecule has 4 N–H and O–H groups in total. The molecule has 0 atom stereocenters. The van der Waals surface area contributed by atoms with E-state index in [4.69, 9.17) is 11.5 Å². The van der Waals surface area contributed by atoms with Crippen molar-refractivity contribution < 1.29 is 4.57 Å². The van der Waals surface area contributed by atoms with Gasteiger partial charge >= 0.3 is 0 Å². The van der Waals surface area contributed by atoms with E-state index in [1.807, 2.05) is 36.7 Å². The molecule has 0 saturated carbocycles. The highest BCUT2D eigenvalue weighted by atomic mass is 15.0. The number of anilines is 2. The maximum absolute atomic E-state index is 5.81. The lowest BCUT2D eigenvalue weighted by atomic mass is 10.2. The van der Waals surface area contributed by atoms with Gasteiger partial charge in [-0.3, -0.25) is 0 Å². The molecular formula is C10H13N4+. The lowest BCUT2D eigenvalue weighted by Crippen LogP contribution is -2.34. The molecule has 0 radical (unpaired) electrons. The number of benzene rings is 1. The van der Waals surface area contributed by atoms with E-state index < -0.39 is 0 Å². The van der Waals surface area contributed by atoms with Gasteiger partial charge in [0.25, 0.3) is 5.82 Å². The standard InChI is InChI=1S/C10H12N4/c1-6-13-10(12)8-5-7(11)3-4-9(8)14(6)2/h3-5,12H,11H2,1-2H3/p+1. The minimum absolute atomic E-state index is 0.530. The van der Waals surface area contributed by atoms with Crippen molar-refractivity contribution in [2.75, 3.05) is 11.5 Å². The largest absolute Gasteiger partial charge is 0.399 e. The van der Waals surface area contributed by atoms with Crippen LogP contribution in [0.25, 0.3) is 10.9 Å². The summed E-state index contributed by atoms with van der Waals surface area (Å²) in [5.74, 6) is 1.42. The van der Waals surface area contributed by atoms with Gasteiger partial charge in [0.2, 0.25) is 5.82 Å². The van der Waals surface area contributed by atoms with Crippen molar-refractivity contribution in [2.24, 2.45) is 7.05 Å². The second-order valence-corrected chi connectivity index (χ2v) is 3.38. The summed E-state index contributed by atoms with van der Waals surface area (Å²) < 4.78 is 1.99. The molecule has 1 aromatic heterocycles. The zero-order chi connectivity index (χ0) is 10.3. The Kier molecular flexibility index (Phi) is 1.77. The van der Waals surface area contributed by atoms with Crippen molar-refractivity contribution in [3.8, 4) is 0 Å². The van der Waals surface area contributed by atoms with Crippen LogP contribution in [0.5, 0.6) is 0 Å². The Morgan fingerprint density at radius 3 is 2.71 bits per heavy atom. The molecule has 0 saturated heterocycles. The Bertz CT molecular complexity index is 505. The highest BCUT2D eigenvalue weighted by molar-refractivity contribution is 5.88. The summed E-state index contributed by atoms with van der Waals surface area (Å²) in [5, 5.41) is 0.901. The smallest absolute Gasteiger partial charge is 0.298 e. The fourth-order valence-electron chi connectivity index (χ4n) is 1.54. The predicted octanol–water partition coefficient (Wildman–Crippen LogP) is 0.532. The highest BCUT2D eigenvalue weighted by Gasteiger charge is 2.13. The van der Waals surface area contributed by atoms with E-state index in [2.05, 4.69) is 4.98 Å². The molecule has 0 fully saturated rings. The molecule has 1 heterocycles. The summed E-state index contributed by atoms with van der Waals surface area (Å²) in [5.41, 5.74) is 13.3. The maximum Gasteiger partial charge on any atom is 0.298 e. The molecule has 0 aliphatic carbocycles. The normalized spacial score (nSPS) is 10.7. The second-order valence-electron chi connectivity index (χ2n) is 3.38. The van der Waals surface area contributed by atoms with Gasteiger partial charge in [-0.25, -0.2) is 4.57 Å².